The molecule has 0 radical (unpaired) electrons. The van der Waals surface area contributed by atoms with E-state index in [2.05, 4.69) is 25.2 Å². The summed E-state index contributed by atoms with van der Waals surface area (Å²) in [7, 11) is -3.63. The van der Waals surface area contributed by atoms with Gasteiger partial charge in [0.2, 0.25) is 16.0 Å². The quantitative estimate of drug-likeness (QED) is 0.472. The Morgan fingerprint density at radius 3 is 2.55 bits per heavy atom. The van der Waals surface area contributed by atoms with Crippen molar-refractivity contribution in [3.63, 3.8) is 0 Å². The topological polar surface area (TPSA) is 128 Å². The van der Waals surface area contributed by atoms with Crippen LogP contribution in [0.15, 0.2) is 29.7 Å². The van der Waals surface area contributed by atoms with Crippen LogP contribution in [0.2, 0.25) is 0 Å². The van der Waals surface area contributed by atoms with Crippen LogP contribution in [-0.2, 0) is 16.6 Å². The van der Waals surface area contributed by atoms with Crippen LogP contribution < -0.4 is 16.0 Å². The van der Waals surface area contributed by atoms with Crippen molar-refractivity contribution < 1.29 is 8.42 Å². The van der Waals surface area contributed by atoms with Crippen molar-refractivity contribution in [3.8, 4) is 0 Å². The van der Waals surface area contributed by atoms with Gasteiger partial charge in [0.15, 0.2) is 0 Å². The first kappa shape index (κ1) is 14.4. The Kier molecular flexibility index (Phi) is 4.27. The van der Waals surface area contributed by atoms with E-state index >= 15 is 0 Å². The summed E-state index contributed by atoms with van der Waals surface area (Å²) in [6.07, 6.45) is 5.91. The van der Waals surface area contributed by atoms with Gasteiger partial charge in [-0.2, -0.15) is 5.10 Å². The third-order valence-electron chi connectivity index (χ3n) is 2.46. The summed E-state index contributed by atoms with van der Waals surface area (Å²) in [4.78, 5) is 7.48. The number of hydrogen-bond donors (Lipinski definition) is 3. The third kappa shape index (κ3) is 3.50. The molecule has 2 rings (SSSR count). The summed E-state index contributed by atoms with van der Waals surface area (Å²) in [6, 6.07) is 0. The molecule has 9 nitrogen and oxygen atoms in total. The van der Waals surface area contributed by atoms with E-state index in [9.17, 15) is 8.42 Å². The summed E-state index contributed by atoms with van der Waals surface area (Å²) in [5, 5.41) is 4.07. The molecule has 2 aromatic heterocycles. The van der Waals surface area contributed by atoms with E-state index in [1.807, 2.05) is 13.1 Å². The zero-order valence-corrected chi connectivity index (χ0v) is 11.6. The maximum Gasteiger partial charge on any atom is 0.243 e. The molecular formula is C10H15N7O2S. The van der Waals surface area contributed by atoms with Gasteiger partial charge in [0, 0.05) is 12.7 Å². The lowest BCUT2D eigenvalue weighted by Crippen LogP contribution is -2.28. The Bertz CT molecular complexity index is 665. The molecule has 108 valence electrons. The number of rotatable bonds is 6. The van der Waals surface area contributed by atoms with Crippen molar-refractivity contribution in [2.75, 3.05) is 12.0 Å². The third-order valence-corrected chi connectivity index (χ3v) is 3.88. The number of nitrogens with one attached hydrogen (secondary N) is 2. The number of nitrogens with two attached hydrogens (primary N) is 1. The summed E-state index contributed by atoms with van der Waals surface area (Å²) in [6.45, 7) is 2.58. The van der Waals surface area contributed by atoms with Crippen molar-refractivity contribution in [2.24, 2.45) is 5.84 Å². The van der Waals surface area contributed by atoms with Crippen LogP contribution in [0.4, 0.5) is 5.95 Å². The Labute approximate surface area is 116 Å². The van der Waals surface area contributed by atoms with Gasteiger partial charge in [0.05, 0.1) is 25.1 Å². The molecule has 2 aromatic rings. The van der Waals surface area contributed by atoms with E-state index in [1.165, 1.54) is 12.4 Å². The van der Waals surface area contributed by atoms with Crippen LogP contribution in [0.5, 0.6) is 0 Å². The highest BCUT2D eigenvalue weighted by Gasteiger charge is 2.14. The summed E-state index contributed by atoms with van der Waals surface area (Å²) in [5.74, 6) is 5.25. The second-order valence-electron chi connectivity index (χ2n) is 4.07. The van der Waals surface area contributed by atoms with E-state index < -0.39 is 10.0 Å². The van der Waals surface area contributed by atoms with E-state index in [4.69, 9.17) is 5.84 Å². The smallest absolute Gasteiger partial charge is 0.243 e. The molecule has 0 amide bonds. The van der Waals surface area contributed by atoms with Crippen LogP contribution in [0.1, 0.15) is 5.56 Å². The largest absolute Gasteiger partial charge is 0.292 e. The van der Waals surface area contributed by atoms with Gasteiger partial charge in [-0.15, -0.1) is 0 Å². The first-order valence-corrected chi connectivity index (χ1v) is 7.27. The highest BCUT2D eigenvalue weighted by Crippen LogP contribution is 2.06. The van der Waals surface area contributed by atoms with Crippen LogP contribution in [0.3, 0.4) is 0 Å². The second-order valence-corrected chi connectivity index (χ2v) is 5.83. The summed E-state index contributed by atoms with van der Waals surface area (Å²) >= 11 is 0. The zero-order valence-electron chi connectivity index (χ0n) is 10.8. The SMILES string of the molecule is Cc1cnn(CCNS(=O)(=O)c2cnc(NN)nc2)c1. The zero-order chi connectivity index (χ0) is 14.6. The molecule has 10 heteroatoms. The Morgan fingerprint density at radius 2 is 2.00 bits per heavy atom. The van der Waals surface area contributed by atoms with E-state index in [0.29, 0.717) is 6.54 Å². The number of sulfonamides is 1. The number of nitrogen functional groups attached to an aromatic ring is 1. The van der Waals surface area contributed by atoms with E-state index in [-0.39, 0.29) is 17.4 Å². The predicted molar refractivity (Wildman–Crippen MR) is 72.0 cm³/mol. The van der Waals surface area contributed by atoms with Gasteiger partial charge in [-0.1, -0.05) is 0 Å². The van der Waals surface area contributed by atoms with Crippen LogP contribution >= 0.6 is 0 Å². The summed E-state index contributed by atoms with van der Waals surface area (Å²) in [5.41, 5.74) is 3.24. The molecule has 20 heavy (non-hydrogen) atoms. The lowest BCUT2D eigenvalue weighted by atomic mass is 10.4. The maximum atomic E-state index is 12.0. The van der Waals surface area contributed by atoms with Gasteiger partial charge in [-0.05, 0) is 12.5 Å². The van der Waals surface area contributed by atoms with E-state index in [1.54, 1.807) is 10.9 Å². The molecule has 2 heterocycles. The highest BCUT2D eigenvalue weighted by atomic mass is 32.2. The first-order chi connectivity index (χ1) is 9.51. The molecule has 0 saturated heterocycles. The molecule has 0 spiro atoms. The van der Waals surface area contributed by atoms with Crippen molar-refractivity contribution in [1.29, 1.82) is 0 Å². The normalized spacial score (nSPS) is 11.5. The lowest BCUT2D eigenvalue weighted by molar-refractivity contribution is 0.560. The van der Waals surface area contributed by atoms with Crippen LogP contribution in [0.25, 0.3) is 0 Å². The monoisotopic (exact) mass is 297 g/mol. The minimum atomic E-state index is -3.63. The molecule has 0 unspecified atom stereocenters. The average Bonchev–Trinajstić information content (AvgIpc) is 2.84. The lowest BCUT2D eigenvalue weighted by Gasteiger charge is -2.06. The number of aryl methyl sites for hydroxylation is 1. The number of aromatic nitrogens is 4. The molecule has 0 fully saturated rings. The van der Waals surface area contributed by atoms with Gasteiger partial charge in [0.25, 0.3) is 0 Å². The Morgan fingerprint density at radius 1 is 1.30 bits per heavy atom. The number of hydrazine groups is 1. The Hall–Kier alpha value is -2.04. The maximum absolute atomic E-state index is 12.0. The molecule has 0 aliphatic carbocycles. The number of nitrogens with zero attached hydrogens (tertiary/aromatic N) is 4. The molecule has 4 N–H and O–H groups in total. The average molecular weight is 297 g/mol. The van der Waals surface area contributed by atoms with Gasteiger partial charge >= 0.3 is 0 Å². The fraction of sp³-hybridized carbons (Fsp3) is 0.300. The van der Waals surface area contributed by atoms with Gasteiger partial charge in [0.1, 0.15) is 4.90 Å². The van der Waals surface area contributed by atoms with Crippen LogP contribution in [-0.4, -0.2) is 34.7 Å². The summed E-state index contributed by atoms with van der Waals surface area (Å²) < 4.78 is 28.0. The fourth-order valence-electron chi connectivity index (χ4n) is 1.50. The molecular weight excluding hydrogens is 282 g/mol. The second kappa shape index (κ2) is 5.94. The predicted octanol–water partition coefficient (Wildman–Crippen LogP) is -0.754. The molecule has 0 bridgehead atoms. The van der Waals surface area contributed by atoms with Gasteiger partial charge < -0.3 is 0 Å². The molecule has 0 atom stereocenters. The van der Waals surface area contributed by atoms with Crippen LogP contribution in [0, 0.1) is 6.92 Å². The standard InChI is InChI=1S/C10H15N7O2S/c1-8-4-14-17(7-8)3-2-15-20(18,19)9-5-12-10(16-11)13-6-9/h4-7,15H,2-3,11H2,1H3,(H,12,13,16). The van der Waals surface area contributed by atoms with Gasteiger partial charge in [-0.25, -0.2) is 29.0 Å². The molecule has 0 aromatic carbocycles. The van der Waals surface area contributed by atoms with Crippen molar-refractivity contribution >= 4 is 16.0 Å². The minimum Gasteiger partial charge on any atom is -0.292 e. The van der Waals surface area contributed by atoms with Crippen molar-refractivity contribution in [1.82, 2.24) is 24.5 Å². The Balaban J connectivity index is 1.96. The van der Waals surface area contributed by atoms with Crippen molar-refractivity contribution in [2.45, 2.75) is 18.4 Å². The molecule has 0 aliphatic rings. The fourth-order valence-corrected chi connectivity index (χ4v) is 2.41. The van der Waals surface area contributed by atoms with Crippen molar-refractivity contribution in [3.05, 3.63) is 30.4 Å². The highest BCUT2D eigenvalue weighted by molar-refractivity contribution is 7.89. The van der Waals surface area contributed by atoms with E-state index in [0.717, 1.165) is 5.56 Å². The number of hydrogen-bond acceptors (Lipinski definition) is 7. The number of anilines is 1. The minimum absolute atomic E-state index is 0.0202. The molecule has 0 aliphatic heterocycles. The first-order valence-electron chi connectivity index (χ1n) is 5.78. The van der Waals surface area contributed by atoms with Gasteiger partial charge in [-0.3, -0.25) is 10.1 Å². The molecule has 0 saturated carbocycles.